The molecule has 0 aliphatic rings. The summed E-state index contributed by atoms with van der Waals surface area (Å²) >= 11 is 3.26. The van der Waals surface area contributed by atoms with Crippen molar-refractivity contribution < 1.29 is 9.84 Å². The molecule has 0 aromatic carbocycles. The van der Waals surface area contributed by atoms with E-state index in [1.165, 1.54) is 0 Å². The average molecular weight is 232 g/mol. The van der Waals surface area contributed by atoms with Gasteiger partial charge in [-0.25, -0.2) is 4.98 Å². The quantitative estimate of drug-likeness (QED) is 0.862. The molecule has 0 amide bonds. The molecule has 0 aliphatic carbocycles. The lowest BCUT2D eigenvalue weighted by molar-refractivity contribution is 0.278. The number of ether oxygens (including phenoxy) is 1. The third-order valence-electron chi connectivity index (χ3n) is 1.37. The molecule has 12 heavy (non-hydrogen) atoms. The topological polar surface area (TPSA) is 42.4 Å². The maximum atomic E-state index is 8.90. The van der Waals surface area contributed by atoms with Crippen LogP contribution in [0.1, 0.15) is 12.5 Å². The Balaban J connectivity index is 2.89. The maximum absolute atomic E-state index is 8.90. The molecule has 66 valence electrons. The molecule has 0 spiro atoms. The second kappa shape index (κ2) is 4.42. The highest BCUT2D eigenvalue weighted by atomic mass is 79.9. The summed E-state index contributed by atoms with van der Waals surface area (Å²) in [7, 11) is 0. The fourth-order valence-corrected chi connectivity index (χ4v) is 1.15. The Morgan fingerprint density at radius 3 is 3.00 bits per heavy atom. The van der Waals surface area contributed by atoms with E-state index in [0.29, 0.717) is 12.5 Å². The lowest BCUT2D eigenvalue weighted by Crippen LogP contribution is -1.96. The van der Waals surface area contributed by atoms with Gasteiger partial charge in [-0.05, 0) is 28.4 Å². The molecule has 0 aliphatic heterocycles. The molecule has 0 radical (unpaired) electrons. The van der Waals surface area contributed by atoms with E-state index >= 15 is 0 Å². The standard InChI is InChI=1S/C8H10BrNO2/c1-2-12-8-3-6(5-11)7(9)4-10-8/h3-4,11H,2,5H2,1H3. The van der Waals surface area contributed by atoms with Crippen molar-refractivity contribution in [1.29, 1.82) is 0 Å². The molecule has 3 nitrogen and oxygen atoms in total. The number of rotatable bonds is 3. The third-order valence-corrected chi connectivity index (χ3v) is 2.09. The number of aliphatic hydroxyl groups excluding tert-OH is 1. The summed E-state index contributed by atoms with van der Waals surface area (Å²) in [5.41, 5.74) is 0.786. The van der Waals surface area contributed by atoms with Crippen LogP contribution in [0, 0.1) is 0 Å². The van der Waals surface area contributed by atoms with Crippen molar-refractivity contribution in [2.75, 3.05) is 6.61 Å². The lowest BCUT2D eigenvalue weighted by atomic mass is 10.3. The summed E-state index contributed by atoms with van der Waals surface area (Å²) in [6.07, 6.45) is 1.62. The molecule has 1 heterocycles. The van der Waals surface area contributed by atoms with Crippen molar-refractivity contribution in [3.05, 3.63) is 22.3 Å². The Morgan fingerprint density at radius 1 is 1.67 bits per heavy atom. The van der Waals surface area contributed by atoms with Crippen LogP contribution >= 0.6 is 15.9 Å². The minimum Gasteiger partial charge on any atom is -0.478 e. The van der Waals surface area contributed by atoms with Gasteiger partial charge in [0.15, 0.2) is 0 Å². The van der Waals surface area contributed by atoms with Crippen molar-refractivity contribution in [2.24, 2.45) is 0 Å². The number of halogens is 1. The van der Waals surface area contributed by atoms with E-state index in [0.717, 1.165) is 10.0 Å². The van der Waals surface area contributed by atoms with Gasteiger partial charge in [0.2, 0.25) is 5.88 Å². The molecule has 0 bridgehead atoms. The minimum atomic E-state index is -0.0107. The predicted octanol–water partition coefficient (Wildman–Crippen LogP) is 1.74. The summed E-state index contributed by atoms with van der Waals surface area (Å²) in [6.45, 7) is 2.46. The maximum Gasteiger partial charge on any atom is 0.213 e. The number of hydrogen-bond acceptors (Lipinski definition) is 3. The van der Waals surface area contributed by atoms with Crippen LogP contribution in [0.5, 0.6) is 5.88 Å². The highest BCUT2D eigenvalue weighted by Crippen LogP contribution is 2.19. The summed E-state index contributed by atoms with van der Waals surface area (Å²) < 4.78 is 5.96. The van der Waals surface area contributed by atoms with Gasteiger partial charge in [-0.3, -0.25) is 0 Å². The highest BCUT2D eigenvalue weighted by Gasteiger charge is 2.01. The van der Waals surface area contributed by atoms with E-state index in [2.05, 4.69) is 20.9 Å². The monoisotopic (exact) mass is 231 g/mol. The van der Waals surface area contributed by atoms with Gasteiger partial charge < -0.3 is 9.84 Å². The highest BCUT2D eigenvalue weighted by molar-refractivity contribution is 9.10. The third kappa shape index (κ3) is 2.19. The molecule has 0 unspecified atom stereocenters. The van der Waals surface area contributed by atoms with Gasteiger partial charge in [-0.15, -0.1) is 0 Å². The fourth-order valence-electron chi connectivity index (χ4n) is 0.806. The Morgan fingerprint density at radius 2 is 2.42 bits per heavy atom. The van der Waals surface area contributed by atoms with E-state index in [1.54, 1.807) is 12.3 Å². The summed E-state index contributed by atoms with van der Waals surface area (Å²) in [6, 6.07) is 1.72. The molecule has 0 saturated carbocycles. The summed E-state index contributed by atoms with van der Waals surface area (Å²) in [5.74, 6) is 0.546. The van der Waals surface area contributed by atoms with Gasteiger partial charge in [-0.1, -0.05) is 0 Å². The Bertz CT molecular complexity index is 265. The van der Waals surface area contributed by atoms with Crippen molar-refractivity contribution in [3.63, 3.8) is 0 Å². The van der Waals surface area contributed by atoms with Crippen molar-refractivity contribution in [2.45, 2.75) is 13.5 Å². The molecule has 1 aromatic rings. The first-order chi connectivity index (χ1) is 5.77. The lowest BCUT2D eigenvalue weighted by Gasteiger charge is -2.04. The number of aromatic nitrogens is 1. The first-order valence-corrected chi connectivity index (χ1v) is 4.45. The number of pyridine rings is 1. The summed E-state index contributed by atoms with van der Waals surface area (Å²) in [4.78, 5) is 4.00. The molecule has 4 heteroatoms. The second-order valence-electron chi connectivity index (χ2n) is 2.21. The molecule has 1 N–H and O–H groups in total. The zero-order valence-electron chi connectivity index (χ0n) is 6.75. The van der Waals surface area contributed by atoms with Crippen LogP contribution in [0.15, 0.2) is 16.7 Å². The van der Waals surface area contributed by atoms with Gasteiger partial charge in [-0.2, -0.15) is 0 Å². The molecule has 1 aromatic heterocycles. The number of hydrogen-bond donors (Lipinski definition) is 1. The van der Waals surface area contributed by atoms with E-state index < -0.39 is 0 Å². The van der Waals surface area contributed by atoms with Gasteiger partial charge in [0.05, 0.1) is 13.2 Å². The molecule has 0 fully saturated rings. The van der Waals surface area contributed by atoms with Crippen LogP contribution in [0.3, 0.4) is 0 Å². The smallest absolute Gasteiger partial charge is 0.213 e. The molecular formula is C8H10BrNO2. The van der Waals surface area contributed by atoms with Gasteiger partial charge in [0.1, 0.15) is 0 Å². The van der Waals surface area contributed by atoms with Crippen LogP contribution in [0.2, 0.25) is 0 Å². The van der Waals surface area contributed by atoms with E-state index in [9.17, 15) is 0 Å². The molecule has 1 rings (SSSR count). The minimum absolute atomic E-state index is 0.0107. The number of aliphatic hydroxyl groups is 1. The Kier molecular flexibility index (Phi) is 3.49. The predicted molar refractivity (Wildman–Crippen MR) is 49.0 cm³/mol. The normalized spacial score (nSPS) is 9.92. The second-order valence-corrected chi connectivity index (χ2v) is 3.06. The van der Waals surface area contributed by atoms with Gasteiger partial charge in [0.25, 0.3) is 0 Å². The van der Waals surface area contributed by atoms with Crippen molar-refractivity contribution >= 4 is 15.9 Å². The Labute approximate surface area is 79.5 Å². The average Bonchev–Trinajstić information content (AvgIpc) is 2.09. The van der Waals surface area contributed by atoms with E-state index in [4.69, 9.17) is 9.84 Å². The van der Waals surface area contributed by atoms with Crippen LogP contribution in [0.4, 0.5) is 0 Å². The van der Waals surface area contributed by atoms with Gasteiger partial charge in [0, 0.05) is 16.7 Å². The molecule has 0 saturated heterocycles. The first kappa shape index (κ1) is 9.48. The van der Waals surface area contributed by atoms with Crippen molar-refractivity contribution in [3.8, 4) is 5.88 Å². The van der Waals surface area contributed by atoms with Crippen molar-refractivity contribution in [1.82, 2.24) is 4.98 Å². The summed E-state index contributed by atoms with van der Waals surface area (Å²) in [5, 5.41) is 8.90. The van der Waals surface area contributed by atoms with Crippen LogP contribution < -0.4 is 4.74 Å². The van der Waals surface area contributed by atoms with Crippen LogP contribution in [-0.2, 0) is 6.61 Å². The zero-order chi connectivity index (χ0) is 8.97. The van der Waals surface area contributed by atoms with Crippen LogP contribution in [-0.4, -0.2) is 16.7 Å². The van der Waals surface area contributed by atoms with Gasteiger partial charge >= 0.3 is 0 Å². The van der Waals surface area contributed by atoms with Crippen LogP contribution in [0.25, 0.3) is 0 Å². The SMILES string of the molecule is CCOc1cc(CO)c(Br)cn1. The molecular weight excluding hydrogens is 222 g/mol. The van der Waals surface area contributed by atoms with E-state index in [1.807, 2.05) is 6.92 Å². The zero-order valence-corrected chi connectivity index (χ0v) is 8.34. The Hall–Kier alpha value is -0.610. The fraction of sp³-hybridized carbons (Fsp3) is 0.375. The molecule has 0 atom stereocenters. The number of nitrogens with zero attached hydrogens (tertiary/aromatic N) is 1. The van der Waals surface area contributed by atoms with E-state index in [-0.39, 0.29) is 6.61 Å². The first-order valence-electron chi connectivity index (χ1n) is 3.66. The largest absolute Gasteiger partial charge is 0.478 e.